The van der Waals surface area contributed by atoms with Crippen molar-refractivity contribution in [2.24, 2.45) is 17.3 Å². The highest BCUT2D eigenvalue weighted by Gasteiger charge is 2.20. The maximum absolute atomic E-state index is 12.3. The molecule has 0 saturated heterocycles. The first-order chi connectivity index (χ1) is 19.3. The summed E-state index contributed by atoms with van der Waals surface area (Å²) in [6.45, 7) is 10.1. The molecule has 0 fully saturated rings. The molecule has 1 unspecified atom stereocenters. The number of aromatic hydroxyl groups is 1. The summed E-state index contributed by atoms with van der Waals surface area (Å²) in [5.74, 6) is 3.56. The van der Waals surface area contributed by atoms with E-state index in [0.29, 0.717) is 25.2 Å². The van der Waals surface area contributed by atoms with Crippen molar-refractivity contribution in [3.8, 4) is 5.75 Å². The summed E-state index contributed by atoms with van der Waals surface area (Å²) in [6.07, 6.45) is 0.247. The number of carbonyl (C=O) groups excluding carboxylic acids is 2. The topological polar surface area (TPSA) is 242 Å². The highest BCUT2D eigenvalue weighted by Crippen LogP contribution is 2.11. The summed E-state index contributed by atoms with van der Waals surface area (Å²) >= 11 is 0. The number of nitrogens with one attached hydrogen (secondary N) is 6. The second kappa shape index (κ2) is 30.7. The Kier molecular flexibility index (Phi) is 31.9. The molecule has 14 N–H and O–H groups in total. The number of carbonyl (C=O) groups is 3. The molecule has 14 heteroatoms. The molecule has 1 aromatic rings. The lowest BCUT2D eigenvalue weighted by Gasteiger charge is -2.21. The van der Waals surface area contributed by atoms with Crippen LogP contribution in [0.3, 0.4) is 0 Å². The van der Waals surface area contributed by atoms with Gasteiger partial charge < -0.3 is 42.9 Å². The molecule has 2 atom stereocenters. The van der Waals surface area contributed by atoms with Crippen LogP contribution in [0.4, 0.5) is 0 Å². The fraction of sp³-hybridized carbons (Fsp3) is 0.654. The van der Waals surface area contributed by atoms with Crippen LogP contribution in [0.2, 0.25) is 0 Å². The van der Waals surface area contributed by atoms with Crippen LogP contribution in [-0.2, 0) is 20.8 Å². The Labute approximate surface area is 239 Å². The van der Waals surface area contributed by atoms with E-state index < -0.39 is 17.9 Å². The van der Waals surface area contributed by atoms with E-state index in [1.165, 1.54) is 26.2 Å². The smallest absolute Gasteiger partial charge is 0.326 e. The lowest BCUT2D eigenvalue weighted by atomic mass is 10.1. The number of carboxylic acid groups (broad SMARTS) is 1. The van der Waals surface area contributed by atoms with Crippen LogP contribution in [0.5, 0.6) is 5.75 Å². The van der Waals surface area contributed by atoms with E-state index in [9.17, 15) is 24.6 Å². The predicted molar refractivity (Wildman–Crippen MR) is 160 cm³/mol. The first-order valence-electron chi connectivity index (χ1n) is 13.7. The van der Waals surface area contributed by atoms with E-state index in [0.717, 1.165) is 19.6 Å². The van der Waals surface area contributed by atoms with E-state index in [1.54, 1.807) is 12.1 Å². The van der Waals surface area contributed by atoms with Crippen LogP contribution >= 0.6 is 0 Å². The molecule has 0 spiro atoms. The number of benzene rings is 1. The van der Waals surface area contributed by atoms with Gasteiger partial charge in [-0.05, 0) is 44.8 Å². The minimum absolute atomic E-state index is 0.0307. The van der Waals surface area contributed by atoms with Crippen LogP contribution < -0.4 is 49.3 Å². The van der Waals surface area contributed by atoms with Crippen LogP contribution in [0.1, 0.15) is 45.6 Å². The van der Waals surface area contributed by atoms with Gasteiger partial charge in [0.05, 0.1) is 6.17 Å². The average molecular weight is 574 g/mol. The number of hydrazine groups is 1. The molecular formula is C26H55N9O5. The standard InChI is InChI=1S/C22H39N7O5.C2H6.2CH5N/c1-2-24-10-11-25-15-19(26-12-13-27-23)29-21(32)5-3-4-20(31)28-18(22(33)34)14-16-6-8-17(30)9-7-16;3*1-2/h6-9,18-19,24-27,30H,2-5,10-15,23H2,1H3,(H,28,31)(H,29,32)(H,33,34);1-2H3;2*2H2,1H3/t18-,19?;;;/m0.../s1. The van der Waals surface area contributed by atoms with E-state index in [4.69, 9.17) is 5.84 Å². The van der Waals surface area contributed by atoms with E-state index >= 15 is 0 Å². The number of nitrogens with two attached hydrogens (primary N) is 3. The van der Waals surface area contributed by atoms with E-state index in [-0.39, 0.29) is 43.5 Å². The van der Waals surface area contributed by atoms with Crippen molar-refractivity contribution < 1.29 is 24.6 Å². The number of carboxylic acids is 1. The van der Waals surface area contributed by atoms with Crippen molar-refractivity contribution in [2.75, 3.05) is 53.4 Å². The third-order valence-corrected chi connectivity index (χ3v) is 4.89. The van der Waals surface area contributed by atoms with Gasteiger partial charge in [-0.3, -0.25) is 26.2 Å². The van der Waals surface area contributed by atoms with Crippen molar-refractivity contribution in [1.29, 1.82) is 0 Å². The molecule has 0 aliphatic carbocycles. The molecule has 0 saturated carbocycles. The van der Waals surface area contributed by atoms with Gasteiger partial charge in [0.25, 0.3) is 0 Å². The third kappa shape index (κ3) is 24.2. The van der Waals surface area contributed by atoms with Gasteiger partial charge in [0.2, 0.25) is 11.8 Å². The zero-order valence-corrected chi connectivity index (χ0v) is 24.9. The second-order valence-electron chi connectivity index (χ2n) is 7.77. The quantitative estimate of drug-likeness (QED) is 0.0394. The number of hydrogen-bond acceptors (Lipinski definition) is 11. The SMILES string of the molecule is CC.CCNCCNCC(NCCNN)NC(=O)CCCC(=O)N[C@@H](Cc1ccc(O)cc1)C(=O)O.CN.CN. The maximum atomic E-state index is 12.3. The Bertz CT molecular complexity index is 740. The van der Waals surface area contributed by atoms with Crippen molar-refractivity contribution in [2.45, 2.75) is 58.7 Å². The number of rotatable bonds is 19. The summed E-state index contributed by atoms with van der Waals surface area (Å²) in [4.78, 5) is 36.0. The fourth-order valence-corrected chi connectivity index (χ4v) is 3.10. The summed E-state index contributed by atoms with van der Waals surface area (Å²) in [5, 5.41) is 33.8. The molecule has 0 bridgehead atoms. The summed E-state index contributed by atoms with van der Waals surface area (Å²) in [6, 6.07) is 5.03. The second-order valence-corrected chi connectivity index (χ2v) is 7.77. The van der Waals surface area contributed by atoms with Gasteiger partial charge in [0, 0.05) is 52.0 Å². The normalized spacial score (nSPS) is 11.2. The molecule has 1 aromatic carbocycles. The van der Waals surface area contributed by atoms with Crippen molar-refractivity contribution in [1.82, 2.24) is 32.0 Å². The van der Waals surface area contributed by atoms with Gasteiger partial charge in [0.1, 0.15) is 11.8 Å². The Morgan fingerprint density at radius 1 is 0.850 bits per heavy atom. The van der Waals surface area contributed by atoms with Crippen LogP contribution in [0, 0.1) is 0 Å². The molecule has 0 aliphatic rings. The summed E-state index contributed by atoms with van der Waals surface area (Å²) in [5.41, 5.74) is 12.2. The Balaban J connectivity index is -0.00000213. The molecule has 0 radical (unpaired) electrons. The molecule has 1 rings (SSSR count). The molecule has 0 aliphatic heterocycles. The lowest BCUT2D eigenvalue weighted by Crippen LogP contribution is -2.53. The summed E-state index contributed by atoms with van der Waals surface area (Å²) < 4.78 is 0. The molecule has 40 heavy (non-hydrogen) atoms. The Morgan fingerprint density at radius 3 is 1.93 bits per heavy atom. The molecule has 0 aromatic heterocycles. The lowest BCUT2D eigenvalue weighted by molar-refractivity contribution is -0.141. The minimum Gasteiger partial charge on any atom is -0.508 e. The third-order valence-electron chi connectivity index (χ3n) is 4.89. The van der Waals surface area contributed by atoms with Crippen molar-refractivity contribution in [3.63, 3.8) is 0 Å². The molecule has 2 amide bonds. The Morgan fingerprint density at radius 2 is 1.40 bits per heavy atom. The number of aliphatic carboxylic acids is 1. The Hall–Kier alpha value is -2.85. The first-order valence-corrected chi connectivity index (χ1v) is 13.7. The largest absolute Gasteiger partial charge is 0.508 e. The van der Waals surface area contributed by atoms with Crippen LogP contribution in [0.25, 0.3) is 0 Å². The monoisotopic (exact) mass is 573 g/mol. The number of amides is 2. The molecular weight excluding hydrogens is 518 g/mol. The fourth-order valence-electron chi connectivity index (χ4n) is 3.10. The zero-order chi connectivity index (χ0) is 31.2. The van der Waals surface area contributed by atoms with Gasteiger partial charge >= 0.3 is 5.97 Å². The van der Waals surface area contributed by atoms with Gasteiger partial charge in [-0.1, -0.05) is 32.9 Å². The molecule has 14 nitrogen and oxygen atoms in total. The van der Waals surface area contributed by atoms with Gasteiger partial charge in [0.15, 0.2) is 0 Å². The highest BCUT2D eigenvalue weighted by molar-refractivity contribution is 5.84. The first kappa shape index (κ1) is 41.6. The maximum Gasteiger partial charge on any atom is 0.326 e. The number of likely N-dealkylation sites (N-methyl/N-ethyl adjacent to an activating group) is 1. The average Bonchev–Trinajstić information content (AvgIpc) is 2.96. The molecule has 234 valence electrons. The van der Waals surface area contributed by atoms with Crippen LogP contribution in [-0.4, -0.2) is 93.6 Å². The van der Waals surface area contributed by atoms with Crippen LogP contribution in [0.15, 0.2) is 24.3 Å². The van der Waals surface area contributed by atoms with Gasteiger partial charge in [-0.15, -0.1) is 0 Å². The predicted octanol–water partition coefficient (Wildman–Crippen LogP) is -1.46. The van der Waals surface area contributed by atoms with Crippen molar-refractivity contribution >= 4 is 17.8 Å². The van der Waals surface area contributed by atoms with Gasteiger partial charge in [-0.2, -0.15) is 0 Å². The zero-order valence-electron chi connectivity index (χ0n) is 24.9. The summed E-state index contributed by atoms with van der Waals surface area (Å²) in [7, 11) is 3.00. The molecule has 0 heterocycles. The van der Waals surface area contributed by atoms with E-state index in [1.807, 2.05) is 20.8 Å². The minimum atomic E-state index is -1.15. The van der Waals surface area contributed by atoms with Crippen molar-refractivity contribution in [3.05, 3.63) is 29.8 Å². The van der Waals surface area contributed by atoms with E-state index in [2.05, 4.69) is 43.5 Å². The number of hydrogen-bond donors (Lipinski definition) is 11. The number of phenols is 1. The van der Waals surface area contributed by atoms with Gasteiger partial charge in [-0.25, -0.2) is 4.79 Å². The number of phenolic OH excluding ortho intramolecular Hbond substituents is 1. The highest BCUT2D eigenvalue weighted by atomic mass is 16.4.